The molecule has 2 aromatic rings. The second kappa shape index (κ2) is 10.3. The molecule has 0 saturated carbocycles. The lowest BCUT2D eigenvalue weighted by molar-refractivity contribution is -0.122. The second-order valence-corrected chi connectivity index (χ2v) is 9.07. The molecule has 0 heterocycles. The highest BCUT2D eigenvalue weighted by Crippen LogP contribution is 2.26. The summed E-state index contributed by atoms with van der Waals surface area (Å²) in [4.78, 5) is 12.9. The van der Waals surface area contributed by atoms with E-state index in [1.54, 1.807) is 31.2 Å². The number of ether oxygens (including phenoxy) is 2. The van der Waals surface area contributed by atoms with Crippen molar-refractivity contribution in [2.24, 2.45) is 0 Å². The van der Waals surface area contributed by atoms with Crippen molar-refractivity contribution in [3.05, 3.63) is 54.1 Å². The number of anilines is 1. The van der Waals surface area contributed by atoms with Crippen molar-refractivity contribution in [2.75, 3.05) is 17.7 Å². The number of sulfonamides is 1. The predicted molar refractivity (Wildman–Crippen MR) is 118 cm³/mol. The van der Waals surface area contributed by atoms with E-state index in [1.807, 2.05) is 38.1 Å². The van der Waals surface area contributed by atoms with Crippen molar-refractivity contribution in [1.82, 2.24) is 5.32 Å². The number of carbonyl (C=O) groups is 1. The maximum Gasteiger partial charge on any atom is 0.244 e. The minimum absolute atomic E-state index is 0.0828. The molecule has 1 N–H and O–H groups in total. The number of nitrogens with one attached hydrogen (secondary N) is 1. The quantitative estimate of drug-likeness (QED) is 0.620. The van der Waals surface area contributed by atoms with Gasteiger partial charge in [0.15, 0.2) is 0 Å². The molecule has 30 heavy (non-hydrogen) atoms. The molecule has 0 radical (unpaired) electrons. The smallest absolute Gasteiger partial charge is 0.244 e. The number of hydrogen-bond acceptors (Lipinski definition) is 5. The first-order valence-electron chi connectivity index (χ1n) is 9.82. The first-order valence-corrected chi connectivity index (χ1v) is 11.7. The van der Waals surface area contributed by atoms with Crippen LogP contribution in [-0.4, -0.2) is 39.8 Å². The number of rotatable bonds is 10. The Hall–Kier alpha value is -2.74. The molecule has 0 aliphatic rings. The van der Waals surface area contributed by atoms with Gasteiger partial charge in [-0.1, -0.05) is 25.1 Å². The van der Waals surface area contributed by atoms with Crippen molar-refractivity contribution in [2.45, 2.75) is 45.9 Å². The van der Waals surface area contributed by atoms with Crippen LogP contribution in [0.2, 0.25) is 0 Å². The molecule has 1 atom stereocenters. The number of carbonyl (C=O) groups excluding carboxylic acids is 1. The lowest BCUT2D eigenvalue weighted by Gasteiger charge is -2.30. The van der Waals surface area contributed by atoms with Crippen LogP contribution in [0.15, 0.2) is 48.5 Å². The van der Waals surface area contributed by atoms with Crippen LogP contribution in [-0.2, 0) is 21.4 Å². The fourth-order valence-electron chi connectivity index (χ4n) is 3.07. The van der Waals surface area contributed by atoms with E-state index in [4.69, 9.17) is 9.47 Å². The van der Waals surface area contributed by atoms with Gasteiger partial charge in [-0.2, -0.15) is 0 Å². The lowest BCUT2D eigenvalue weighted by Crippen LogP contribution is -2.49. The van der Waals surface area contributed by atoms with E-state index in [0.29, 0.717) is 17.9 Å². The summed E-state index contributed by atoms with van der Waals surface area (Å²) in [6.07, 6.45) is 1.49. The highest BCUT2D eigenvalue weighted by atomic mass is 32.2. The van der Waals surface area contributed by atoms with Crippen LogP contribution in [0.25, 0.3) is 0 Å². The van der Waals surface area contributed by atoms with Crippen LogP contribution < -0.4 is 19.1 Å². The SMILES string of the molecule is CC[C@H](C(=O)NCc1ccc(OC(C)C)cc1)N(c1cccc(OC)c1)S(C)(=O)=O. The van der Waals surface area contributed by atoms with Crippen molar-refractivity contribution >= 4 is 21.6 Å². The topological polar surface area (TPSA) is 84.9 Å². The first kappa shape index (κ1) is 23.5. The Bertz CT molecular complexity index is 942. The van der Waals surface area contributed by atoms with E-state index in [1.165, 1.54) is 7.11 Å². The molecular weight excluding hydrogens is 404 g/mol. The maximum atomic E-state index is 12.9. The third-order valence-electron chi connectivity index (χ3n) is 4.40. The Labute approximate surface area is 179 Å². The fraction of sp³-hybridized carbons (Fsp3) is 0.409. The fourth-order valence-corrected chi connectivity index (χ4v) is 4.28. The molecule has 0 aliphatic heterocycles. The Morgan fingerprint density at radius 2 is 1.77 bits per heavy atom. The summed E-state index contributed by atoms with van der Waals surface area (Å²) in [7, 11) is -2.19. The highest BCUT2D eigenvalue weighted by Gasteiger charge is 2.31. The summed E-state index contributed by atoms with van der Waals surface area (Å²) < 4.78 is 37.0. The normalized spacial score (nSPS) is 12.3. The van der Waals surface area contributed by atoms with Crippen LogP contribution >= 0.6 is 0 Å². The molecule has 0 aliphatic carbocycles. The molecule has 1 amide bonds. The minimum Gasteiger partial charge on any atom is -0.497 e. The molecule has 2 aromatic carbocycles. The average molecular weight is 435 g/mol. The summed E-state index contributed by atoms with van der Waals surface area (Å²) in [5.74, 6) is 0.904. The zero-order valence-corrected chi connectivity index (χ0v) is 18.9. The summed E-state index contributed by atoms with van der Waals surface area (Å²) in [5, 5.41) is 2.84. The first-order chi connectivity index (χ1) is 14.2. The zero-order valence-electron chi connectivity index (χ0n) is 18.1. The Morgan fingerprint density at radius 1 is 1.10 bits per heavy atom. The van der Waals surface area contributed by atoms with Gasteiger partial charge >= 0.3 is 0 Å². The van der Waals surface area contributed by atoms with Gasteiger partial charge in [-0.15, -0.1) is 0 Å². The molecule has 2 rings (SSSR count). The number of amides is 1. The molecule has 0 aromatic heterocycles. The number of nitrogens with zero attached hydrogens (tertiary/aromatic N) is 1. The lowest BCUT2D eigenvalue weighted by atomic mass is 10.1. The largest absolute Gasteiger partial charge is 0.497 e. The molecule has 0 spiro atoms. The summed E-state index contributed by atoms with van der Waals surface area (Å²) in [6.45, 7) is 5.97. The Morgan fingerprint density at radius 3 is 2.30 bits per heavy atom. The highest BCUT2D eigenvalue weighted by molar-refractivity contribution is 7.92. The van der Waals surface area contributed by atoms with Crippen molar-refractivity contribution in [1.29, 1.82) is 0 Å². The van der Waals surface area contributed by atoms with Gasteiger partial charge < -0.3 is 14.8 Å². The zero-order chi connectivity index (χ0) is 22.3. The van der Waals surface area contributed by atoms with Gasteiger partial charge in [0.25, 0.3) is 0 Å². The van der Waals surface area contributed by atoms with Crippen LogP contribution in [0.1, 0.15) is 32.8 Å². The van der Waals surface area contributed by atoms with E-state index in [-0.39, 0.29) is 18.6 Å². The van der Waals surface area contributed by atoms with Gasteiger partial charge in [-0.05, 0) is 50.1 Å². The van der Waals surface area contributed by atoms with E-state index in [0.717, 1.165) is 21.9 Å². The molecule has 0 unspecified atom stereocenters. The Balaban J connectivity index is 2.17. The summed E-state index contributed by atoms with van der Waals surface area (Å²) >= 11 is 0. The monoisotopic (exact) mass is 434 g/mol. The van der Waals surface area contributed by atoms with Gasteiger partial charge in [0.1, 0.15) is 17.5 Å². The number of methoxy groups -OCH3 is 1. The molecule has 8 heteroatoms. The van der Waals surface area contributed by atoms with E-state index in [2.05, 4.69) is 5.32 Å². The van der Waals surface area contributed by atoms with E-state index < -0.39 is 16.1 Å². The molecule has 0 bridgehead atoms. The van der Waals surface area contributed by atoms with Gasteiger partial charge in [-0.25, -0.2) is 8.42 Å². The number of benzene rings is 2. The molecule has 0 saturated heterocycles. The molecule has 0 fully saturated rings. The molecule has 164 valence electrons. The van der Waals surface area contributed by atoms with Crippen LogP contribution in [0.3, 0.4) is 0 Å². The van der Waals surface area contributed by atoms with Crippen molar-refractivity contribution < 1.29 is 22.7 Å². The summed E-state index contributed by atoms with van der Waals surface area (Å²) in [5.41, 5.74) is 1.27. The average Bonchev–Trinajstić information content (AvgIpc) is 2.69. The van der Waals surface area contributed by atoms with Gasteiger partial charge in [0.05, 0.1) is 25.2 Å². The predicted octanol–water partition coefficient (Wildman–Crippen LogP) is 3.34. The third-order valence-corrected chi connectivity index (χ3v) is 5.58. The van der Waals surface area contributed by atoms with E-state index in [9.17, 15) is 13.2 Å². The third kappa shape index (κ3) is 6.38. The standard InChI is InChI=1S/C22H30N2O5S/c1-6-21(24(30(5,26)27)18-8-7-9-20(14-18)28-4)22(25)23-15-17-10-12-19(13-11-17)29-16(2)3/h7-14,16,21H,6,15H2,1-5H3,(H,23,25)/t21-/m1/s1. The number of hydrogen-bond donors (Lipinski definition) is 1. The second-order valence-electron chi connectivity index (χ2n) is 7.21. The maximum absolute atomic E-state index is 12.9. The van der Waals surface area contributed by atoms with Crippen LogP contribution in [0, 0.1) is 0 Å². The van der Waals surface area contributed by atoms with Crippen LogP contribution in [0.5, 0.6) is 11.5 Å². The molecule has 7 nitrogen and oxygen atoms in total. The van der Waals surface area contributed by atoms with Gasteiger partial charge in [0, 0.05) is 12.6 Å². The minimum atomic E-state index is -3.70. The van der Waals surface area contributed by atoms with Gasteiger partial charge in [0.2, 0.25) is 15.9 Å². The molecular formula is C22H30N2O5S. The van der Waals surface area contributed by atoms with Crippen LogP contribution in [0.4, 0.5) is 5.69 Å². The Kier molecular flexibility index (Phi) is 8.11. The van der Waals surface area contributed by atoms with Crippen molar-refractivity contribution in [3.8, 4) is 11.5 Å². The van der Waals surface area contributed by atoms with Gasteiger partial charge in [-0.3, -0.25) is 9.10 Å². The van der Waals surface area contributed by atoms with E-state index >= 15 is 0 Å². The van der Waals surface area contributed by atoms with Crippen molar-refractivity contribution in [3.63, 3.8) is 0 Å². The summed E-state index contributed by atoms with van der Waals surface area (Å²) in [6, 6.07) is 13.2.